The van der Waals surface area contributed by atoms with Crippen molar-refractivity contribution in [3.8, 4) is 0 Å². The summed E-state index contributed by atoms with van der Waals surface area (Å²) in [6.07, 6.45) is -4.57. The Morgan fingerprint density at radius 3 is 2.22 bits per heavy atom. The lowest BCUT2D eigenvalue weighted by atomic mass is 10.1. The molecular formula is C15H18F3N3O2. The Hall–Kier alpha value is -2.25. The van der Waals surface area contributed by atoms with Crippen molar-refractivity contribution in [3.63, 3.8) is 0 Å². The number of benzene rings is 1. The molecule has 126 valence electrons. The summed E-state index contributed by atoms with van der Waals surface area (Å²) in [4.78, 5) is 27.0. The molecule has 0 spiro atoms. The van der Waals surface area contributed by atoms with E-state index in [4.69, 9.17) is 0 Å². The van der Waals surface area contributed by atoms with Crippen LogP contribution >= 0.6 is 0 Å². The maximum atomic E-state index is 13.0. The summed E-state index contributed by atoms with van der Waals surface area (Å²) in [5.41, 5.74) is -1.29. The van der Waals surface area contributed by atoms with Crippen molar-refractivity contribution in [2.24, 2.45) is 0 Å². The van der Waals surface area contributed by atoms with Gasteiger partial charge in [0.25, 0.3) is 5.91 Å². The van der Waals surface area contributed by atoms with Crippen molar-refractivity contribution in [2.75, 3.05) is 32.7 Å². The predicted molar refractivity (Wildman–Crippen MR) is 78.0 cm³/mol. The molecule has 1 heterocycles. The minimum Gasteiger partial charge on any atom is -0.338 e. The summed E-state index contributed by atoms with van der Waals surface area (Å²) in [5.74, 6) is -0.659. The topological polar surface area (TPSA) is 52.7 Å². The number of nitrogens with one attached hydrogen (secondary N) is 1. The zero-order chi connectivity index (χ0) is 17.0. The second-order valence-corrected chi connectivity index (χ2v) is 5.16. The minimum atomic E-state index is -4.57. The van der Waals surface area contributed by atoms with Gasteiger partial charge in [-0.3, -0.25) is 4.79 Å². The van der Waals surface area contributed by atoms with Crippen molar-refractivity contribution in [3.05, 3.63) is 35.4 Å². The molecule has 0 saturated carbocycles. The van der Waals surface area contributed by atoms with Crippen molar-refractivity contribution in [1.82, 2.24) is 15.1 Å². The van der Waals surface area contributed by atoms with Crippen LogP contribution in [0.25, 0.3) is 0 Å². The van der Waals surface area contributed by atoms with E-state index in [1.54, 1.807) is 11.8 Å². The summed E-state index contributed by atoms with van der Waals surface area (Å²) >= 11 is 0. The third kappa shape index (κ3) is 3.94. The zero-order valence-electron chi connectivity index (χ0n) is 12.7. The fourth-order valence-corrected chi connectivity index (χ4v) is 2.46. The van der Waals surface area contributed by atoms with Gasteiger partial charge in [-0.25, -0.2) is 4.79 Å². The number of hydrogen-bond acceptors (Lipinski definition) is 2. The highest BCUT2D eigenvalue weighted by molar-refractivity contribution is 5.96. The van der Waals surface area contributed by atoms with Gasteiger partial charge in [0.1, 0.15) is 0 Å². The largest absolute Gasteiger partial charge is 0.417 e. The molecule has 1 N–H and O–H groups in total. The van der Waals surface area contributed by atoms with Crippen LogP contribution in [-0.2, 0) is 6.18 Å². The van der Waals surface area contributed by atoms with E-state index in [0.29, 0.717) is 19.6 Å². The Kier molecular flexibility index (Phi) is 5.12. The summed E-state index contributed by atoms with van der Waals surface area (Å²) in [6.45, 7) is 3.31. The van der Waals surface area contributed by atoms with Gasteiger partial charge in [0.05, 0.1) is 11.1 Å². The monoisotopic (exact) mass is 329 g/mol. The van der Waals surface area contributed by atoms with E-state index in [-0.39, 0.29) is 24.7 Å². The number of hydrogen-bond donors (Lipinski definition) is 1. The Morgan fingerprint density at radius 1 is 1.09 bits per heavy atom. The predicted octanol–water partition coefficient (Wildman–Crippen LogP) is 2.19. The Balaban J connectivity index is 2.08. The first-order valence-corrected chi connectivity index (χ1v) is 7.33. The minimum absolute atomic E-state index is 0.210. The summed E-state index contributed by atoms with van der Waals surface area (Å²) in [7, 11) is 0. The van der Waals surface area contributed by atoms with Crippen LogP contribution in [-0.4, -0.2) is 54.5 Å². The van der Waals surface area contributed by atoms with Crippen molar-refractivity contribution in [2.45, 2.75) is 13.1 Å². The lowest BCUT2D eigenvalue weighted by molar-refractivity contribution is -0.138. The van der Waals surface area contributed by atoms with E-state index in [9.17, 15) is 22.8 Å². The Bertz CT molecular complexity index is 582. The third-order valence-corrected chi connectivity index (χ3v) is 3.64. The molecule has 5 nitrogen and oxygen atoms in total. The van der Waals surface area contributed by atoms with Gasteiger partial charge in [-0.05, 0) is 19.1 Å². The average molecular weight is 329 g/mol. The lowest BCUT2D eigenvalue weighted by Gasteiger charge is -2.35. The van der Waals surface area contributed by atoms with Gasteiger partial charge in [-0.15, -0.1) is 0 Å². The van der Waals surface area contributed by atoms with Crippen LogP contribution in [0.2, 0.25) is 0 Å². The molecule has 0 aromatic heterocycles. The number of nitrogens with zero attached hydrogens (tertiary/aromatic N) is 2. The van der Waals surface area contributed by atoms with E-state index < -0.39 is 17.6 Å². The summed E-state index contributed by atoms with van der Waals surface area (Å²) in [6, 6.07) is 4.52. The Labute approximate surface area is 132 Å². The van der Waals surface area contributed by atoms with Gasteiger partial charge in [0, 0.05) is 32.7 Å². The average Bonchev–Trinajstić information content (AvgIpc) is 2.54. The first kappa shape index (κ1) is 17.1. The number of piperazine rings is 1. The number of alkyl halides is 3. The molecule has 0 atom stereocenters. The molecule has 1 aliphatic rings. The maximum absolute atomic E-state index is 13.0. The Morgan fingerprint density at radius 2 is 1.65 bits per heavy atom. The quantitative estimate of drug-likeness (QED) is 0.904. The zero-order valence-corrected chi connectivity index (χ0v) is 12.7. The van der Waals surface area contributed by atoms with E-state index in [2.05, 4.69) is 5.32 Å². The number of halogens is 3. The first-order valence-electron chi connectivity index (χ1n) is 7.33. The van der Waals surface area contributed by atoms with Gasteiger partial charge in [-0.2, -0.15) is 13.2 Å². The fraction of sp³-hybridized carbons (Fsp3) is 0.467. The van der Waals surface area contributed by atoms with Crippen LogP contribution < -0.4 is 5.32 Å². The number of carbonyl (C=O) groups excluding carboxylic acids is 2. The number of rotatable bonds is 2. The van der Waals surface area contributed by atoms with Crippen molar-refractivity contribution >= 4 is 11.9 Å². The van der Waals surface area contributed by atoms with Crippen LogP contribution in [0, 0.1) is 0 Å². The molecule has 1 saturated heterocycles. The molecule has 0 bridgehead atoms. The maximum Gasteiger partial charge on any atom is 0.417 e. The number of amides is 3. The lowest BCUT2D eigenvalue weighted by Crippen LogP contribution is -2.53. The molecule has 1 aromatic carbocycles. The van der Waals surface area contributed by atoms with Gasteiger partial charge in [-0.1, -0.05) is 12.1 Å². The van der Waals surface area contributed by atoms with Crippen LogP contribution in [0.1, 0.15) is 22.8 Å². The molecule has 0 radical (unpaired) electrons. The second kappa shape index (κ2) is 6.89. The van der Waals surface area contributed by atoms with E-state index >= 15 is 0 Å². The molecule has 1 aromatic rings. The molecular weight excluding hydrogens is 311 g/mol. The molecule has 8 heteroatoms. The fourth-order valence-electron chi connectivity index (χ4n) is 2.46. The summed E-state index contributed by atoms with van der Waals surface area (Å²) in [5, 5.41) is 2.65. The van der Waals surface area contributed by atoms with E-state index in [0.717, 1.165) is 6.07 Å². The van der Waals surface area contributed by atoms with Crippen LogP contribution in [0.15, 0.2) is 24.3 Å². The molecule has 1 aliphatic heterocycles. The molecule has 1 fully saturated rings. The molecule has 0 unspecified atom stereocenters. The molecule has 23 heavy (non-hydrogen) atoms. The molecule has 0 aliphatic carbocycles. The third-order valence-electron chi connectivity index (χ3n) is 3.64. The first-order chi connectivity index (χ1) is 10.8. The van der Waals surface area contributed by atoms with Crippen LogP contribution in [0.3, 0.4) is 0 Å². The van der Waals surface area contributed by atoms with Crippen LogP contribution in [0.5, 0.6) is 0 Å². The number of urea groups is 1. The SMILES string of the molecule is CCNC(=O)N1CCN(C(=O)c2ccccc2C(F)(F)F)CC1. The second-order valence-electron chi connectivity index (χ2n) is 5.16. The van der Waals surface area contributed by atoms with E-state index in [1.807, 2.05) is 0 Å². The van der Waals surface area contributed by atoms with Crippen molar-refractivity contribution in [1.29, 1.82) is 0 Å². The van der Waals surface area contributed by atoms with Gasteiger partial charge in [0.15, 0.2) is 0 Å². The smallest absolute Gasteiger partial charge is 0.338 e. The highest BCUT2D eigenvalue weighted by Crippen LogP contribution is 2.32. The van der Waals surface area contributed by atoms with Gasteiger partial charge < -0.3 is 15.1 Å². The number of carbonyl (C=O) groups is 2. The normalized spacial score (nSPS) is 15.5. The standard InChI is InChI=1S/C15H18F3N3O2/c1-2-19-14(23)21-9-7-20(8-10-21)13(22)11-5-3-4-6-12(11)15(16,17)18/h3-6H,2,7-10H2,1H3,(H,19,23). The molecule has 3 amide bonds. The van der Waals surface area contributed by atoms with E-state index in [1.165, 1.54) is 23.1 Å². The van der Waals surface area contributed by atoms with Crippen molar-refractivity contribution < 1.29 is 22.8 Å². The van der Waals surface area contributed by atoms with Crippen LogP contribution in [0.4, 0.5) is 18.0 Å². The van der Waals surface area contributed by atoms with Gasteiger partial charge in [0.2, 0.25) is 0 Å². The summed E-state index contributed by atoms with van der Waals surface area (Å²) < 4.78 is 39.0. The van der Waals surface area contributed by atoms with Gasteiger partial charge >= 0.3 is 12.2 Å². The highest BCUT2D eigenvalue weighted by Gasteiger charge is 2.36. The molecule has 2 rings (SSSR count). The highest BCUT2D eigenvalue weighted by atomic mass is 19.4.